The minimum atomic E-state index is -0.820. The molecule has 4 rings (SSSR count). The van der Waals surface area contributed by atoms with Crippen LogP contribution >= 0.6 is 23.5 Å². The zero-order chi connectivity index (χ0) is 22.6. The number of thioether (sulfide) groups is 2. The van der Waals surface area contributed by atoms with E-state index in [1.807, 2.05) is 30.3 Å². The van der Waals surface area contributed by atoms with E-state index in [0.717, 1.165) is 18.4 Å². The van der Waals surface area contributed by atoms with Crippen molar-refractivity contribution in [3.63, 3.8) is 0 Å². The van der Waals surface area contributed by atoms with Gasteiger partial charge in [-0.1, -0.05) is 36.8 Å². The van der Waals surface area contributed by atoms with Crippen molar-refractivity contribution in [1.29, 1.82) is 0 Å². The Morgan fingerprint density at radius 1 is 1.09 bits per heavy atom. The average Bonchev–Trinajstić information content (AvgIpc) is 3.26. The second-order valence-corrected chi connectivity index (χ2v) is 11.9. The van der Waals surface area contributed by atoms with Crippen molar-refractivity contribution in [3.05, 3.63) is 35.9 Å². The summed E-state index contributed by atoms with van der Waals surface area (Å²) in [6.45, 7) is -0.373. The Labute approximate surface area is 197 Å². The predicted molar refractivity (Wildman–Crippen MR) is 126 cm³/mol. The maximum absolute atomic E-state index is 12.8. The van der Waals surface area contributed by atoms with Crippen LogP contribution in [0.4, 0.5) is 0 Å². The molecule has 1 unspecified atom stereocenters. The molecule has 6 nitrogen and oxygen atoms in total. The number of hydrogen-bond donors (Lipinski definition) is 1. The van der Waals surface area contributed by atoms with Crippen molar-refractivity contribution >= 4 is 41.4 Å². The summed E-state index contributed by atoms with van der Waals surface area (Å²) < 4.78 is 10.5. The van der Waals surface area contributed by atoms with Crippen molar-refractivity contribution in [2.24, 2.45) is 17.8 Å². The number of benzene rings is 1. The lowest BCUT2D eigenvalue weighted by molar-refractivity contribution is -0.155. The summed E-state index contributed by atoms with van der Waals surface area (Å²) in [5.41, 5.74) is 0.908. The van der Waals surface area contributed by atoms with Gasteiger partial charge in [-0.2, -0.15) is 0 Å². The minimum Gasteiger partial charge on any atom is -0.467 e. The molecule has 32 heavy (non-hydrogen) atoms. The molecule has 1 spiro atoms. The topological polar surface area (TPSA) is 81.7 Å². The largest absolute Gasteiger partial charge is 0.467 e. The summed E-state index contributed by atoms with van der Waals surface area (Å²) in [5.74, 6) is 2.09. The van der Waals surface area contributed by atoms with Gasteiger partial charge in [0.1, 0.15) is 6.04 Å². The molecule has 2 aliphatic carbocycles. The molecule has 8 heteroatoms. The van der Waals surface area contributed by atoms with Gasteiger partial charge in [0.15, 0.2) is 6.61 Å². The van der Waals surface area contributed by atoms with Gasteiger partial charge < -0.3 is 14.8 Å². The van der Waals surface area contributed by atoms with E-state index < -0.39 is 17.9 Å². The Bertz CT molecular complexity index is 811. The number of esters is 2. The van der Waals surface area contributed by atoms with E-state index in [-0.39, 0.29) is 18.5 Å². The standard InChI is InChI=1S/C24H31NO5S2/c1-29-23(28)20(12-16-6-3-2-4-7-16)25-21(26)15-30-22(27)17-13-18-8-5-9-19(14-17)24(18)31-10-11-32-24/h2-4,6-7,17-20H,5,8-15H2,1H3,(H,25,26)/t17?,18-,19+,20-/m0/s1. The van der Waals surface area contributed by atoms with Gasteiger partial charge in [0, 0.05) is 17.9 Å². The van der Waals surface area contributed by atoms with Crippen LogP contribution in [0.1, 0.15) is 37.7 Å². The molecular weight excluding hydrogens is 446 g/mol. The molecule has 1 N–H and O–H groups in total. The number of nitrogens with one attached hydrogen (secondary N) is 1. The third-order valence-corrected chi connectivity index (χ3v) is 10.9. The lowest BCUT2D eigenvalue weighted by Crippen LogP contribution is -2.48. The van der Waals surface area contributed by atoms with E-state index in [2.05, 4.69) is 28.8 Å². The first-order chi connectivity index (χ1) is 15.5. The van der Waals surface area contributed by atoms with Crippen LogP contribution in [0.15, 0.2) is 30.3 Å². The Balaban J connectivity index is 1.29. The number of ether oxygens (including phenoxy) is 2. The summed E-state index contributed by atoms with van der Waals surface area (Å²) in [5, 5.41) is 2.66. The van der Waals surface area contributed by atoms with Crippen molar-refractivity contribution in [2.75, 3.05) is 25.2 Å². The van der Waals surface area contributed by atoms with Crippen LogP contribution in [0.5, 0.6) is 0 Å². The lowest BCUT2D eigenvalue weighted by Gasteiger charge is -2.51. The van der Waals surface area contributed by atoms with Crippen molar-refractivity contribution in [2.45, 2.75) is 48.6 Å². The summed E-state index contributed by atoms with van der Waals surface area (Å²) in [4.78, 5) is 37.4. The molecule has 3 aliphatic rings. The van der Waals surface area contributed by atoms with Crippen molar-refractivity contribution < 1.29 is 23.9 Å². The van der Waals surface area contributed by atoms with E-state index >= 15 is 0 Å². The fraction of sp³-hybridized carbons (Fsp3) is 0.625. The van der Waals surface area contributed by atoms with Gasteiger partial charge in [0.25, 0.3) is 5.91 Å². The van der Waals surface area contributed by atoms with E-state index in [9.17, 15) is 14.4 Å². The third-order valence-electron chi connectivity index (χ3n) is 6.90. The molecule has 1 heterocycles. The quantitative estimate of drug-likeness (QED) is 0.603. The van der Waals surface area contributed by atoms with Crippen molar-refractivity contribution in [1.82, 2.24) is 5.32 Å². The van der Waals surface area contributed by atoms with Crippen molar-refractivity contribution in [3.8, 4) is 0 Å². The zero-order valence-corrected chi connectivity index (χ0v) is 20.1. The molecule has 1 aromatic carbocycles. The van der Waals surface area contributed by atoms with Crippen LogP contribution < -0.4 is 5.32 Å². The van der Waals surface area contributed by atoms with Crippen LogP contribution in [0.3, 0.4) is 0 Å². The fourth-order valence-electron chi connectivity index (χ4n) is 5.48. The molecule has 4 atom stereocenters. The van der Waals surface area contributed by atoms with Gasteiger partial charge in [-0.25, -0.2) is 4.79 Å². The number of methoxy groups -OCH3 is 1. The average molecular weight is 478 g/mol. The second-order valence-electron chi connectivity index (χ2n) is 8.85. The molecule has 3 fully saturated rings. The summed E-state index contributed by atoms with van der Waals surface area (Å²) in [6, 6.07) is 8.59. The van der Waals surface area contributed by atoms with Gasteiger partial charge >= 0.3 is 11.9 Å². The fourth-order valence-corrected chi connectivity index (χ4v) is 9.41. The van der Waals surface area contributed by atoms with Crippen LogP contribution in [0, 0.1) is 17.8 Å². The Morgan fingerprint density at radius 2 is 1.75 bits per heavy atom. The van der Waals surface area contributed by atoms with Gasteiger partial charge in [0.2, 0.25) is 0 Å². The van der Waals surface area contributed by atoms with Crippen LogP contribution in [-0.4, -0.2) is 53.2 Å². The normalized spacial score (nSPS) is 26.8. The zero-order valence-electron chi connectivity index (χ0n) is 18.4. The highest BCUT2D eigenvalue weighted by Gasteiger charge is 2.55. The number of amides is 1. The monoisotopic (exact) mass is 477 g/mol. The first-order valence-electron chi connectivity index (χ1n) is 11.4. The van der Waals surface area contributed by atoms with Gasteiger partial charge in [0.05, 0.1) is 17.1 Å². The highest BCUT2D eigenvalue weighted by molar-refractivity contribution is 8.21. The molecule has 2 bridgehead atoms. The van der Waals surface area contributed by atoms with Crippen LogP contribution in [-0.2, 0) is 30.3 Å². The number of hydrogen-bond acceptors (Lipinski definition) is 7. The second kappa shape index (κ2) is 10.5. The van der Waals surface area contributed by atoms with Gasteiger partial charge in [-0.05, 0) is 43.1 Å². The summed E-state index contributed by atoms with van der Waals surface area (Å²) in [6.07, 6.45) is 5.64. The molecule has 1 aliphatic heterocycles. The lowest BCUT2D eigenvalue weighted by atomic mass is 9.67. The number of rotatable bonds is 7. The molecule has 0 radical (unpaired) electrons. The Morgan fingerprint density at radius 3 is 2.38 bits per heavy atom. The van der Waals surface area contributed by atoms with E-state index in [1.165, 1.54) is 37.9 Å². The number of carbonyl (C=O) groups is 3. The molecule has 174 valence electrons. The smallest absolute Gasteiger partial charge is 0.328 e. The minimum absolute atomic E-state index is 0.133. The van der Waals surface area contributed by atoms with Gasteiger partial charge in [-0.15, -0.1) is 23.5 Å². The van der Waals surface area contributed by atoms with E-state index in [1.54, 1.807) is 0 Å². The molecule has 0 aromatic heterocycles. The van der Waals surface area contributed by atoms with Gasteiger partial charge in [-0.3, -0.25) is 9.59 Å². The highest BCUT2D eigenvalue weighted by atomic mass is 32.2. The number of carbonyl (C=O) groups excluding carboxylic acids is 3. The molecule has 1 amide bonds. The summed E-state index contributed by atoms with van der Waals surface area (Å²) in [7, 11) is 1.29. The maximum Gasteiger partial charge on any atom is 0.328 e. The van der Waals surface area contributed by atoms with E-state index in [4.69, 9.17) is 9.47 Å². The third kappa shape index (κ3) is 5.11. The maximum atomic E-state index is 12.8. The van der Waals surface area contributed by atoms with E-state index in [0.29, 0.717) is 22.3 Å². The highest BCUT2D eigenvalue weighted by Crippen LogP contribution is 2.64. The Hall–Kier alpha value is -1.67. The first-order valence-corrected chi connectivity index (χ1v) is 13.3. The molecular formula is C24H31NO5S2. The first kappa shape index (κ1) is 23.5. The SMILES string of the molecule is COC(=O)[C@H](Cc1ccccc1)NC(=O)COC(=O)C1C[C@H]2CCC[C@@H](C1)C21SCCS1. The molecule has 2 saturated carbocycles. The molecule has 1 aromatic rings. The van der Waals surface area contributed by atoms with Crippen LogP contribution in [0.25, 0.3) is 0 Å². The Kier molecular flexibility index (Phi) is 7.71. The summed E-state index contributed by atoms with van der Waals surface area (Å²) >= 11 is 4.21. The molecule has 1 saturated heterocycles. The van der Waals surface area contributed by atoms with Crippen LogP contribution in [0.2, 0.25) is 0 Å². The predicted octanol–water partition coefficient (Wildman–Crippen LogP) is 3.43.